The molecule has 0 aromatic heterocycles. The van der Waals surface area contributed by atoms with E-state index in [4.69, 9.17) is 15.6 Å². The number of carbonyl (C=O) groups excluding carboxylic acids is 4. The van der Waals surface area contributed by atoms with Crippen molar-refractivity contribution in [2.75, 3.05) is 13.1 Å². The summed E-state index contributed by atoms with van der Waals surface area (Å²) in [6, 6.07) is 5.93. The van der Waals surface area contributed by atoms with Crippen LogP contribution >= 0.6 is 0 Å². The van der Waals surface area contributed by atoms with Gasteiger partial charge in [-0.05, 0) is 12.1 Å². The van der Waals surface area contributed by atoms with Gasteiger partial charge in [-0.15, -0.1) is 0 Å². The molecule has 0 aliphatic carbocycles. The molecule has 4 amide bonds. The van der Waals surface area contributed by atoms with Gasteiger partial charge in [0.15, 0.2) is 23.7 Å². The van der Waals surface area contributed by atoms with E-state index in [1.165, 1.54) is 17.0 Å². The van der Waals surface area contributed by atoms with Crippen LogP contribution in [0.2, 0.25) is 0 Å². The van der Waals surface area contributed by atoms with Crippen LogP contribution in [0.15, 0.2) is 30.3 Å². The molecule has 4 fully saturated rings. The first-order valence-electron chi connectivity index (χ1n) is 11.2. The first kappa shape index (κ1) is 23.5. The van der Waals surface area contributed by atoms with E-state index in [2.05, 4.69) is 16.0 Å². The van der Waals surface area contributed by atoms with Crippen molar-refractivity contribution in [2.45, 2.75) is 42.5 Å². The molecule has 8 N–H and O–H groups in total. The predicted molar refractivity (Wildman–Crippen MR) is 119 cm³/mol. The molecule has 15 nitrogen and oxygen atoms in total. The number of benzene rings is 1. The molecule has 190 valence electrons. The minimum atomic E-state index is -2.87. The zero-order valence-electron chi connectivity index (χ0n) is 18.8. The number of aliphatic hydroxyl groups is 2. The number of nitrogens with zero attached hydrogens (tertiary/aromatic N) is 2. The Morgan fingerprint density at radius 3 is 2.44 bits per heavy atom. The fraction of sp³-hybridized carbons (Fsp3) is 0.429. The quantitative estimate of drug-likeness (QED) is 0.155. The molecular weight excluding hydrogens is 476 g/mol. The van der Waals surface area contributed by atoms with E-state index >= 15 is 0 Å². The monoisotopic (exact) mass is 500 g/mol. The average molecular weight is 500 g/mol. The second-order valence-electron chi connectivity index (χ2n) is 8.94. The van der Waals surface area contributed by atoms with E-state index in [-0.39, 0.29) is 43.4 Å². The van der Waals surface area contributed by atoms with E-state index in [1.54, 1.807) is 18.2 Å². The molecule has 2 unspecified atom stereocenters. The van der Waals surface area contributed by atoms with Crippen LogP contribution in [0, 0.1) is 10.8 Å². The number of amides is 4. The van der Waals surface area contributed by atoms with Gasteiger partial charge in [0.1, 0.15) is 0 Å². The Balaban J connectivity index is 1.38. The molecule has 0 bridgehead atoms. The van der Waals surface area contributed by atoms with Crippen molar-refractivity contribution in [1.29, 1.82) is 10.8 Å². The van der Waals surface area contributed by atoms with Crippen molar-refractivity contribution < 1.29 is 34.1 Å². The fourth-order valence-corrected chi connectivity index (χ4v) is 5.20. The highest BCUT2D eigenvalue weighted by molar-refractivity contribution is 6.03. The lowest BCUT2D eigenvalue weighted by Crippen LogP contribution is -2.81. The molecule has 4 atom stereocenters. The number of guanidine groups is 2. The lowest BCUT2D eigenvalue weighted by atomic mass is 9.85. The van der Waals surface area contributed by atoms with Gasteiger partial charge in [-0.25, -0.2) is 4.79 Å². The summed E-state index contributed by atoms with van der Waals surface area (Å²) in [5.41, 5.74) is -1.77. The highest BCUT2D eigenvalue weighted by atomic mass is 16.6. The minimum absolute atomic E-state index is 0.0586. The Morgan fingerprint density at radius 2 is 1.78 bits per heavy atom. The topological polar surface area (TPSA) is 220 Å². The van der Waals surface area contributed by atoms with Crippen molar-refractivity contribution in [2.24, 2.45) is 0 Å². The van der Waals surface area contributed by atoms with Crippen LogP contribution in [0.4, 0.5) is 4.79 Å². The van der Waals surface area contributed by atoms with Crippen LogP contribution in [-0.4, -0.2) is 98.5 Å². The van der Waals surface area contributed by atoms with E-state index in [0.717, 1.165) is 4.90 Å². The average Bonchev–Trinajstić information content (AvgIpc) is 3.42. The van der Waals surface area contributed by atoms with Gasteiger partial charge in [0.2, 0.25) is 17.6 Å². The highest BCUT2D eigenvalue weighted by Crippen LogP contribution is 2.44. The Morgan fingerprint density at radius 1 is 1.11 bits per heavy atom. The lowest BCUT2D eigenvalue weighted by Gasteiger charge is -2.51. The number of alkyl carbamates (subject to hydrolysis) is 1. The van der Waals surface area contributed by atoms with Gasteiger partial charge in [-0.1, -0.05) is 18.2 Å². The van der Waals surface area contributed by atoms with Gasteiger partial charge >= 0.3 is 6.09 Å². The summed E-state index contributed by atoms with van der Waals surface area (Å²) in [7, 11) is 0. The van der Waals surface area contributed by atoms with Gasteiger partial charge < -0.3 is 35.8 Å². The number of rotatable bonds is 4. The number of hydrogen-bond acceptors (Lipinski definition) is 9. The highest BCUT2D eigenvalue weighted by Gasteiger charge is 2.75. The molecule has 0 saturated carbocycles. The normalized spacial score (nSPS) is 30.2. The van der Waals surface area contributed by atoms with Crippen LogP contribution in [0.25, 0.3) is 0 Å². The Labute approximate surface area is 203 Å². The van der Waals surface area contributed by atoms with Crippen LogP contribution in [-0.2, 0) is 14.3 Å². The first-order valence-corrected chi connectivity index (χ1v) is 11.2. The maximum Gasteiger partial charge on any atom is 0.414 e. The molecule has 4 aliphatic rings. The smallest absolute Gasteiger partial charge is 0.414 e. The van der Waals surface area contributed by atoms with E-state index in [0.29, 0.717) is 0 Å². The van der Waals surface area contributed by atoms with Crippen molar-refractivity contribution in [3.63, 3.8) is 0 Å². The molecule has 4 saturated heterocycles. The molecule has 1 spiro atoms. The third-order valence-corrected chi connectivity index (χ3v) is 6.88. The summed E-state index contributed by atoms with van der Waals surface area (Å²) in [5.74, 6) is -5.02. The van der Waals surface area contributed by atoms with E-state index < -0.39 is 53.5 Å². The number of nitrogens with one attached hydrogen (secondary N) is 6. The van der Waals surface area contributed by atoms with Crippen molar-refractivity contribution in [3.8, 4) is 0 Å². The molecular formula is C21H24N8O7. The van der Waals surface area contributed by atoms with Gasteiger partial charge in [-0.2, -0.15) is 0 Å². The second-order valence-corrected chi connectivity index (χ2v) is 8.94. The molecule has 36 heavy (non-hydrogen) atoms. The van der Waals surface area contributed by atoms with Crippen LogP contribution in [0.1, 0.15) is 23.2 Å². The van der Waals surface area contributed by atoms with Gasteiger partial charge in [0.25, 0.3) is 5.91 Å². The number of ether oxygens (including phenoxy) is 1. The third kappa shape index (κ3) is 3.43. The number of carbonyl (C=O) groups is 4. The Bertz CT molecular complexity index is 1160. The summed E-state index contributed by atoms with van der Waals surface area (Å²) in [6.45, 7) is -0.561. The predicted octanol–water partition coefficient (Wildman–Crippen LogP) is -2.83. The van der Waals surface area contributed by atoms with Crippen LogP contribution < -0.4 is 21.3 Å². The van der Waals surface area contributed by atoms with Crippen LogP contribution in [0.3, 0.4) is 0 Å². The second kappa shape index (κ2) is 8.17. The molecule has 15 heteroatoms. The van der Waals surface area contributed by atoms with Crippen molar-refractivity contribution >= 4 is 35.7 Å². The van der Waals surface area contributed by atoms with Gasteiger partial charge in [0, 0.05) is 18.4 Å². The summed E-state index contributed by atoms with van der Waals surface area (Å²) in [6.07, 6.45) is -2.77. The number of imide groups is 2. The minimum Gasteiger partial charge on any atom is -0.438 e. The Hall–Kier alpha value is -4.24. The summed E-state index contributed by atoms with van der Waals surface area (Å²) in [4.78, 5) is 51.3. The SMILES string of the molecule is N=C1NC2[C@H](CN3C(=O)CCC3=O)NC(=N)N3C[C@H](OC(=O)NC(=O)c4ccccc4)C(O)(O)C23N1. The number of hydrogen-bond donors (Lipinski definition) is 8. The molecule has 4 heterocycles. The Kier molecular flexibility index (Phi) is 5.33. The van der Waals surface area contributed by atoms with E-state index in [9.17, 15) is 29.4 Å². The van der Waals surface area contributed by atoms with E-state index in [1.807, 2.05) is 5.32 Å². The number of likely N-dealkylation sites (tertiary alicyclic amines) is 1. The first-order chi connectivity index (χ1) is 17.0. The summed E-state index contributed by atoms with van der Waals surface area (Å²) < 4.78 is 5.21. The maximum atomic E-state index is 12.5. The third-order valence-electron chi connectivity index (χ3n) is 6.88. The lowest BCUT2D eigenvalue weighted by molar-refractivity contribution is -0.257. The fourth-order valence-electron chi connectivity index (χ4n) is 5.20. The van der Waals surface area contributed by atoms with Gasteiger partial charge in [0.05, 0.1) is 25.2 Å². The van der Waals surface area contributed by atoms with Crippen molar-refractivity contribution in [3.05, 3.63) is 35.9 Å². The molecule has 5 rings (SSSR count). The largest absolute Gasteiger partial charge is 0.438 e. The zero-order chi connectivity index (χ0) is 25.8. The van der Waals surface area contributed by atoms with Crippen LogP contribution in [0.5, 0.6) is 0 Å². The molecule has 1 aromatic carbocycles. The molecule has 4 aliphatic heterocycles. The zero-order valence-corrected chi connectivity index (χ0v) is 18.8. The molecule has 1 aromatic rings. The van der Waals surface area contributed by atoms with Crippen molar-refractivity contribution in [1.82, 2.24) is 31.1 Å². The summed E-state index contributed by atoms with van der Waals surface area (Å²) >= 11 is 0. The summed E-state index contributed by atoms with van der Waals surface area (Å²) in [5, 5.41) is 49.4. The van der Waals surface area contributed by atoms with Gasteiger partial charge in [-0.3, -0.25) is 35.4 Å². The molecule has 0 radical (unpaired) electrons. The standard InChI is InChI=1S/C21H24N8O7/c22-17-25-15-11(8-28-13(30)6-7-14(28)31)24-18(23)29-9-12(21(34,35)20(15,29)27-17)36-19(33)26-16(32)10-4-2-1-3-5-10/h1-5,11-12,15,34-35H,6-9H2,(H2,23,24)(H3,22,25,27)(H,26,32,33)/t11-,12-,15?,20?/m0/s1. The maximum absolute atomic E-state index is 12.5.